The van der Waals surface area contributed by atoms with Crippen LogP contribution in [0.3, 0.4) is 0 Å². The molecule has 3 heterocycles. The van der Waals surface area contributed by atoms with Crippen LogP contribution in [0.4, 0.5) is 5.69 Å². The average molecular weight is 438 g/mol. The molecule has 0 saturated carbocycles. The standard InChI is InChI=1S/C25H35N5S/c1-3-26-25(27-18-20-10-12-22(13-11-20)30-15-4-5-16-30)28-19-21-8-6-14-29(2)24(21)23-9-7-17-31-23/h4-5,7,9-13,17,21,24H,3,6,8,14-16,18-19H2,1-2H3,(H2,26,27,28). The zero-order chi connectivity index (χ0) is 21.5. The van der Waals surface area contributed by atoms with Crippen molar-refractivity contribution in [2.24, 2.45) is 10.9 Å². The monoisotopic (exact) mass is 437 g/mol. The van der Waals surface area contributed by atoms with Crippen molar-refractivity contribution in [3.63, 3.8) is 0 Å². The van der Waals surface area contributed by atoms with Gasteiger partial charge in [0, 0.05) is 42.8 Å². The van der Waals surface area contributed by atoms with Gasteiger partial charge in [0.1, 0.15) is 0 Å². The first-order valence-corrected chi connectivity index (χ1v) is 12.4. The minimum atomic E-state index is 0.497. The molecule has 1 saturated heterocycles. The van der Waals surface area contributed by atoms with E-state index in [2.05, 4.69) is 88.3 Å². The highest BCUT2D eigenvalue weighted by Crippen LogP contribution is 2.36. The van der Waals surface area contributed by atoms with Crippen LogP contribution in [0.25, 0.3) is 0 Å². The SMILES string of the molecule is CCNC(=NCc1ccc(N2CC=CC2)cc1)NCC1CCCN(C)C1c1cccs1. The number of guanidine groups is 1. The summed E-state index contributed by atoms with van der Waals surface area (Å²) in [6.07, 6.45) is 6.96. The number of likely N-dealkylation sites (tertiary alicyclic amines) is 1. The number of rotatable bonds is 7. The first-order chi connectivity index (χ1) is 15.2. The molecule has 6 heteroatoms. The van der Waals surface area contributed by atoms with Gasteiger partial charge in [-0.05, 0) is 68.4 Å². The Hall–Kier alpha value is -2.31. The van der Waals surface area contributed by atoms with E-state index in [-0.39, 0.29) is 0 Å². The molecule has 1 aromatic carbocycles. The van der Waals surface area contributed by atoms with Crippen LogP contribution in [-0.4, -0.2) is 50.6 Å². The molecule has 31 heavy (non-hydrogen) atoms. The third kappa shape index (κ3) is 5.69. The molecule has 0 amide bonds. The third-order valence-corrected chi connectivity index (χ3v) is 7.20. The molecule has 2 N–H and O–H groups in total. The summed E-state index contributed by atoms with van der Waals surface area (Å²) in [5.74, 6) is 1.50. The zero-order valence-corrected chi connectivity index (χ0v) is 19.6. The molecule has 0 spiro atoms. The van der Waals surface area contributed by atoms with Crippen LogP contribution in [0.5, 0.6) is 0 Å². The largest absolute Gasteiger partial charge is 0.364 e. The number of thiophene rings is 1. The van der Waals surface area contributed by atoms with Crippen LogP contribution in [0.2, 0.25) is 0 Å². The van der Waals surface area contributed by atoms with Gasteiger partial charge in [-0.15, -0.1) is 11.3 Å². The van der Waals surface area contributed by atoms with Gasteiger partial charge in [0.25, 0.3) is 0 Å². The van der Waals surface area contributed by atoms with E-state index in [1.165, 1.54) is 35.5 Å². The highest BCUT2D eigenvalue weighted by molar-refractivity contribution is 7.10. The van der Waals surface area contributed by atoms with Crippen molar-refractivity contribution in [1.82, 2.24) is 15.5 Å². The zero-order valence-electron chi connectivity index (χ0n) is 18.8. The molecule has 1 fully saturated rings. The van der Waals surface area contributed by atoms with Gasteiger partial charge in [0.2, 0.25) is 0 Å². The van der Waals surface area contributed by atoms with E-state index in [1.807, 2.05) is 11.3 Å². The lowest BCUT2D eigenvalue weighted by atomic mass is 9.88. The molecular weight excluding hydrogens is 402 g/mol. The van der Waals surface area contributed by atoms with E-state index < -0.39 is 0 Å². The molecule has 5 nitrogen and oxygen atoms in total. The van der Waals surface area contributed by atoms with E-state index in [0.717, 1.165) is 32.1 Å². The Morgan fingerprint density at radius 3 is 2.65 bits per heavy atom. The number of anilines is 1. The predicted octanol–water partition coefficient (Wildman–Crippen LogP) is 4.26. The average Bonchev–Trinajstić information content (AvgIpc) is 3.51. The molecule has 0 radical (unpaired) electrons. The van der Waals surface area contributed by atoms with Crippen LogP contribution in [0.15, 0.2) is 58.9 Å². The number of hydrogen-bond donors (Lipinski definition) is 2. The number of hydrogen-bond acceptors (Lipinski definition) is 4. The summed E-state index contributed by atoms with van der Waals surface area (Å²) < 4.78 is 0. The minimum Gasteiger partial charge on any atom is -0.364 e. The Kier molecular flexibility index (Phi) is 7.65. The van der Waals surface area contributed by atoms with Crippen LogP contribution < -0.4 is 15.5 Å². The minimum absolute atomic E-state index is 0.497. The number of benzene rings is 1. The van der Waals surface area contributed by atoms with E-state index in [0.29, 0.717) is 18.5 Å². The second kappa shape index (κ2) is 10.8. The lowest BCUT2D eigenvalue weighted by molar-refractivity contribution is 0.125. The molecule has 2 aliphatic rings. The van der Waals surface area contributed by atoms with Crippen molar-refractivity contribution in [3.05, 3.63) is 64.4 Å². The van der Waals surface area contributed by atoms with E-state index in [4.69, 9.17) is 4.99 Å². The van der Waals surface area contributed by atoms with Crippen molar-refractivity contribution in [2.45, 2.75) is 32.4 Å². The second-order valence-electron chi connectivity index (χ2n) is 8.46. The maximum atomic E-state index is 4.86. The Balaban J connectivity index is 1.36. The number of piperidine rings is 1. The van der Waals surface area contributed by atoms with Gasteiger partial charge in [-0.3, -0.25) is 4.90 Å². The Morgan fingerprint density at radius 1 is 1.13 bits per heavy atom. The molecule has 2 unspecified atom stereocenters. The number of nitrogens with zero attached hydrogens (tertiary/aromatic N) is 3. The molecule has 0 aliphatic carbocycles. The molecular formula is C25H35N5S. The fourth-order valence-corrected chi connectivity index (χ4v) is 5.61. The summed E-state index contributed by atoms with van der Waals surface area (Å²) in [6.45, 7) is 7.82. The molecule has 166 valence electrons. The lowest BCUT2D eigenvalue weighted by Crippen LogP contribution is -2.44. The number of nitrogens with one attached hydrogen (secondary N) is 2. The summed E-state index contributed by atoms with van der Waals surface area (Å²) in [7, 11) is 2.26. The summed E-state index contributed by atoms with van der Waals surface area (Å²) in [5, 5.41) is 9.24. The Bertz CT molecular complexity index is 851. The van der Waals surface area contributed by atoms with Crippen molar-refractivity contribution >= 4 is 23.0 Å². The summed E-state index contributed by atoms with van der Waals surface area (Å²) >= 11 is 1.88. The highest BCUT2D eigenvalue weighted by atomic mass is 32.1. The van der Waals surface area contributed by atoms with Gasteiger partial charge >= 0.3 is 0 Å². The van der Waals surface area contributed by atoms with Gasteiger partial charge < -0.3 is 15.5 Å². The van der Waals surface area contributed by atoms with Gasteiger partial charge in [0.05, 0.1) is 6.54 Å². The first-order valence-electron chi connectivity index (χ1n) is 11.5. The van der Waals surface area contributed by atoms with Crippen LogP contribution >= 0.6 is 11.3 Å². The smallest absolute Gasteiger partial charge is 0.191 e. The van der Waals surface area contributed by atoms with Crippen LogP contribution in [0, 0.1) is 5.92 Å². The maximum absolute atomic E-state index is 4.86. The predicted molar refractivity (Wildman–Crippen MR) is 133 cm³/mol. The summed E-state index contributed by atoms with van der Waals surface area (Å²) in [6, 6.07) is 13.8. The van der Waals surface area contributed by atoms with Crippen LogP contribution in [-0.2, 0) is 6.54 Å². The summed E-state index contributed by atoms with van der Waals surface area (Å²) in [4.78, 5) is 11.2. The van der Waals surface area contributed by atoms with Gasteiger partial charge in [-0.1, -0.05) is 30.4 Å². The second-order valence-corrected chi connectivity index (χ2v) is 9.44. The molecule has 2 aliphatic heterocycles. The molecule has 0 bridgehead atoms. The van der Waals surface area contributed by atoms with E-state index >= 15 is 0 Å². The lowest BCUT2D eigenvalue weighted by Gasteiger charge is -2.39. The third-order valence-electron chi connectivity index (χ3n) is 6.26. The van der Waals surface area contributed by atoms with Crippen molar-refractivity contribution < 1.29 is 0 Å². The molecule has 4 rings (SSSR count). The molecule has 1 aromatic heterocycles. The first kappa shape index (κ1) is 21.9. The fourth-order valence-electron chi connectivity index (χ4n) is 4.62. The quantitative estimate of drug-likeness (QED) is 0.386. The van der Waals surface area contributed by atoms with E-state index in [1.54, 1.807) is 0 Å². The fraction of sp³-hybridized carbons (Fsp3) is 0.480. The van der Waals surface area contributed by atoms with Gasteiger partial charge in [0.15, 0.2) is 5.96 Å². The number of aliphatic imine (C=N–C) groups is 1. The maximum Gasteiger partial charge on any atom is 0.191 e. The highest BCUT2D eigenvalue weighted by Gasteiger charge is 2.31. The van der Waals surface area contributed by atoms with Crippen molar-refractivity contribution in [1.29, 1.82) is 0 Å². The van der Waals surface area contributed by atoms with Crippen molar-refractivity contribution in [2.75, 3.05) is 44.7 Å². The Morgan fingerprint density at radius 2 is 1.94 bits per heavy atom. The molecule has 2 aromatic rings. The van der Waals surface area contributed by atoms with Crippen molar-refractivity contribution in [3.8, 4) is 0 Å². The normalized spacial score (nSPS) is 22.1. The molecule has 2 atom stereocenters. The van der Waals surface area contributed by atoms with Gasteiger partial charge in [-0.2, -0.15) is 0 Å². The van der Waals surface area contributed by atoms with Crippen LogP contribution in [0.1, 0.15) is 36.2 Å². The van der Waals surface area contributed by atoms with E-state index in [9.17, 15) is 0 Å². The Labute approximate surface area is 190 Å². The van der Waals surface area contributed by atoms with Gasteiger partial charge in [-0.25, -0.2) is 4.99 Å². The topological polar surface area (TPSA) is 42.9 Å². The summed E-state index contributed by atoms with van der Waals surface area (Å²) in [5.41, 5.74) is 2.52.